The average molecular weight is 236 g/mol. The lowest BCUT2D eigenvalue weighted by Crippen LogP contribution is -2.15. The number of rotatable bonds is 7. The summed E-state index contributed by atoms with van der Waals surface area (Å²) in [5.41, 5.74) is 1.04. The molecule has 2 heterocycles. The van der Waals surface area contributed by atoms with Gasteiger partial charge >= 0.3 is 0 Å². The summed E-state index contributed by atoms with van der Waals surface area (Å²) in [5, 5.41) is 0. The highest BCUT2D eigenvalue weighted by atomic mass is 16.7. The molecular weight excluding hydrogens is 220 g/mol. The van der Waals surface area contributed by atoms with Crippen LogP contribution in [0.3, 0.4) is 0 Å². The van der Waals surface area contributed by atoms with Gasteiger partial charge in [-0.05, 0) is 0 Å². The van der Waals surface area contributed by atoms with Gasteiger partial charge in [0.05, 0.1) is 26.4 Å². The van der Waals surface area contributed by atoms with E-state index in [0.29, 0.717) is 13.2 Å². The topological polar surface area (TPSA) is 43.5 Å². The molecule has 4 heteroatoms. The van der Waals surface area contributed by atoms with E-state index in [4.69, 9.17) is 18.9 Å². The fourth-order valence-electron chi connectivity index (χ4n) is 1.57. The van der Waals surface area contributed by atoms with Crippen molar-refractivity contribution in [1.82, 2.24) is 0 Å². The highest BCUT2D eigenvalue weighted by Crippen LogP contribution is 2.23. The van der Waals surface area contributed by atoms with Crippen LogP contribution < -0.4 is 0 Å². The molecule has 2 unspecified atom stereocenters. The molecule has 0 N–H and O–H groups in total. The smallest absolute Gasteiger partial charge is 0.184 e. The monoisotopic (exact) mass is 236 g/mol. The zero-order chi connectivity index (χ0) is 11.5. The number of ether oxygens (including phenoxy) is 4. The van der Waals surface area contributed by atoms with Crippen LogP contribution in [0.2, 0.25) is 0 Å². The van der Waals surface area contributed by atoms with Crippen LogP contribution in [-0.4, -0.2) is 38.6 Å². The van der Waals surface area contributed by atoms with Gasteiger partial charge in [-0.2, -0.15) is 0 Å². The van der Waals surface area contributed by atoms with E-state index in [-0.39, 0.29) is 18.5 Å². The van der Waals surface area contributed by atoms with Crippen molar-refractivity contribution in [1.29, 1.82) is 0 Å². The molecule has 2 aliphatic rings. The minimum absolute atomic E-state index is 0.252. The van der Waals surface area contributed by atoms with Gasteiger partial charge in [0.15, 0.2) is 6.29 Å². The normalized spacial score (nSPS) is 27.8. The second kappa shape index (κ2) is 5.14. The molecule has 3 rings (SSSR count). The van der Waals surface area contributed by atoms with Crippen LogP contribution in [0.1, 0.15) is 11.9 Å². The molecule has 0 amide bonds. The van der Waals surface area contributed by atoms with Crippen molar-refractivity contribution in [2.45, 2.75) is 18.5 Å². The standard InChI is InChI=1S/C13H16O4/c1-2-4-10(5-3-1)13(16-8-11-6-14-11)17-9-12-7-15-12/h1-5,11-13H,6-9H2. The third-order valence-corrected chi connectivity index (χ3v) is 2.74. The van der Waals surface area contributed by atoms with Crippen molar-refractivity contribution in [3.05, 3.63) is 35.9 Å². The molecule has 1 aromatic rings. The molecule has 0 bridgehead atoms. The number of benzene rings is 1. The Hall–Kier alpha value is -0.940. The molecule has 2 fully saturated rings. The molecule has 0 saturated carbocycles. The lowest BCUT2D eigenvalue weighted by Gasteiger charge is -2.18. The van der Waals surface area contributed by atoms with Crippen LogP contribution in [0.4, 0.5) is 0 Å². The van der Waals surface area contributed by atoms with Gasteiger partial charge in [-0.25, -0.2) is 0 Å². The Morgan fingerprint density at radius 3 is 2.00 bits per heavy atom. The van der Waals surface area contributed by atoms with Crippen LogP contribution in [0.5, 0.6) is 0 Å². The lowest BCUT2D eigenvalue weighted by atomic mass is 10.2. The number of hydrogen-bond acceptors (Lipinski definition) is 4. The van der Waals surface area contributed by atoms with E-state index in [0.717, 1.165) is 18.8 Å². The Balaban J connectivity index is 1.56. The molecule has 2 aliphatic heterocycles. The summed E-state index contributed by atoms with van der Waals surface area (Å²) in [6, 6.07) is 9.96. The van der Waals surface area contributed by atoms with E-state index in [9.17, 15) is 0 Å². The zero-order valence-corrected chi connectivity index (χ0v) is 9.58. The number of epoxide rings is 2. The Bertz CT molecular complexity index is 330. The fraction of sp³-hybridized carbons (Fsp3) is 0.538. The summed E-state index contributed by atoms with van der Waals surface area (Å²) in [6.45, 7) is 2.77. The molecular formula is C13H16O4. The zero-order valence-electron chi connectivity index (χ0n) is 9.58. The highest BCUT2D eigenvalue weighted by Gasteiger charge is 2.27. The molecule has 0 radical (unpaired) electrons. The predicted molar refractivity (Wildman–Crippen MR) is 60.6 cm³/mol. The molecule has 1 aromatic carbocycles. The summed E-state index contributed by atoms with van der Waals surface area (Å²) in [5.74, 6) is 0. The van der Waals surface area contributed by atoms with Gasteiger partial charge in [0.2, 0.25) is 0 Å². The second-order valence-corrected chi connectivity index (χ2v) is 4.32. The van der Waals surface area contributed by atoms with E-state index >= 15 is 0 Å². The Morgan fingerprint density at radius 1 is 1.00 bits per heavy atom. The highest BCUT2D eigenvalue weighted by molar-refractivity contribution is 5.16. The van der Waals surface area contributed by atoms with Crippen LogP contribution >= 0.6 is 0 Å². The molecule has 92 valence electrons. The summed E-state index contributed by atoms with van der Waals surface area (Å²) >= 11 is 0. The number of hydrogen-bond donors (Lipinski definition) is 0. The maximum atomic E-state index is 5.73. The largest absolute Gasteiger partial charge is 0.371 e. The molecule has 17 heavy (non-hydrogen) atoms. The van der Waals surface area contributed by atoms with Crippen molar-refractivity contribution in [2.75, 3.05) is 26.4 Å². The van der Waals surface area contributed by atoms with E-state index in [1.54, 1.807) is 0 Å². The molecule has 2 atom stereocenters. The van der Waals surface area contributed by atoms with E-state index in [1.165, 1.54) is 0 Å². The molecule has 2 saturated heterocycles. The van der Waals surface area contributed by atoms with Gasteiger partial charge in [-0.3, -0.25) is 0 Å². The van der Waals surface area contributed by atoms with Crippen LogP contribution in [0, 0.1) is 0 Å². The van der Waals surface area contributed by atoms with Crippen LogP contribution in [0.15, 0.2) is 30.3 Å². The van der Waals surface area contributed by atoms with E-state index in [2.05, 4.69) is 0 Å². The first-order valence-electron chi connectivity index (χ1n) is 5.93. The van der Waals surface area contributed by atoms with E-state index in [1.807, 2.05) is 30.3 Å². The van der Waals surface area contributed by atoms with Crippen molar-refractivity contribution < 1.29 is 18.9 Å². The van der Waals surface area contributed by atoms with Crippen molar-refractivity contribution in [3.8, 4) is 0 Å². The fourth-order valence-corrected chi connectivity index (χ4v) is 1.57. The van der Waals surface area contributed by atoms with E-state index < -0.39 is 0 Å². The third-order valence-electron chi connectivity index (χ3n) is 2.74. The van der Waals surface area contributed by atoms with Gasteiger partial charge < -0.3 is 18.9 Å². The summed E-state index contributed by atoms with van der Waals surface area (Å²) < 4.78 is 21.7. The third kappa shape index (κ3) is 3.51. The Morgan fingerprint density at radius 2 is 1.53 bits per heavy atom. The van der Waals surface area contributed by atoms with Gasteiger partial charge in [-0.15, -0.1) is 0 Å². The van der Waals surface area contributed by atoms with Crippen LogP contribution in [0.25, 0.3) is 0 Å². The quantitative estimate of drug-likeness (QED) is 0.532. The first-order valence-corrected chi connectivity index (χ1v) is 5.93. The molecule has 0 spiro atoms. The van der Waals surface area contributed by atoms with Gasteiger partial charge in [0.1, 0.15) is 12.2 Å². The first kappa shape index (κ1) is 11.2. The molecule has 0 aromatic heterocycles. The van der Waals surface area contributed by atoms with Crippen LogP contribution in [-0.2, 0) is 18.9 Å². The summed E-state index contributed by atoms with van der Waals surface area (Å²) in [6.07, 6.45) is 0.188. The SMILES string of the molecule is c1ccc(C(OCC2CO2)OCC2CO2)cc1. The second-order valence-electron chi connectivity index (χ2n) is 4.32. The summed E-state index contributed by atoms with van der Waals surface area (Å²) in [4.78, 5) is 0. The van der Waals surface area contributed by atoms with Gasteiger partial charge in [0, 0.05) is 5.56 Å². The maximum Gasteiger partial charge on any atom is 0.184 e. The Kier molecular flexibility index (Phi) is 3.38. The maximum absolute atomic E-state index is 5.73. The van der Waals surface area contributed by atoms with Crippen molar-refractivity contribution in [2.24, 2.45) is 0 Å². The lowest BCUT2D eigenvalue weighted by molar-refractivity contribution is -0.151. The molecule has 4 nitrogen and oxygen atoms in total. The minimum atomic E-state index is -0.315. The van der Waals surface area contributed by atoms with Gasteiger partial charge in [0.25, 0.3) is 0 Å². The van der Waals surface area contributed by atoms with Crippen molar-refractivity contribution >= 4 is 0 Å². The predicted octanol–water partition coefficient (Wildman–Crippen LogP) is 1.52. The average Bonchev–Trinajstić information content (AvgIpc) is 3.25. The first-order chi connectivity index (χ1) is 8.42. The molecule has 0 aliphatic carbocycles. The van der Waals surface area contributed by atoms with Crippen molar-refractivity contribution in [3.63, 3.8) is 0 Å². The Labute approximate surface area is 100 Å². The van der Waals surface area contributed by atoms with Gasteiger partial charge in [-0.1, -0.05) is 30.3 Å². The minimum Gasteiger partial charge on any atom is -0.371 e. The summed E-state index contributed by atoms with van der Waals surface area (Å²) in [7, 11) is 0.